The van der Waals surface area contributed by atoms with Crippen molar-refractivity contribution in [3.05, 3.63) is 0 Å². The van der Waals surface area contributed by atoms with E-state index in [0.29, 0.717) is 25.7 Å². The van der Waals surface area contributed by atoms with Crippen molar-refractivity contribution < 1.29 is 9.53 Å². The molecule has 4 nitrogen and oxygen atoms in total. The van der Waals surface area contributed by atoms with Gasteiger partial charge < -0.3 is 15.8 Å². The Hall–Kier alpha value is -0.610. The minimum atomic E-state index is -0.759. The molecule has 0 aromatic rings. The highest BCUT2D eigenvalue weighted by molar-refractivity contribution is 5.85. The van der Waals surface area contributed by atoms with Crippen LogP contribution >= 0.6 is 0 Å². The van der Waals surface area contributed by atoms with Crippen molar-refractivity contribution in [3.63, 3.8) is 0 Å². The number of carbonyl (C=O) groups is 1. The second kappa shape index (κ2) is 6.97. The molecule has 0 bridgehead atoms. The van der Waals surface area contributed by atoms with E-state index >= 15 is 0 Å². The summed E-state index contributed by atoms with van der Waals surface area (Å²) in [5.74, 6) is -0.0905. The van der Waals surface area contributed by atoms with Crippen LogP contribution in [0.5, 0.6) is 0 Å². The summed E-state index contributed by atoms with van der Waals surface area (Å²) in [5, 5.41) is 2.82. The summed E-state index contributed by atoms with van der Waals surface area (Å²) in [6.45, 7) is 4.82. The summed E-state index contributed by atoms with van der Waals surface area (Å²) in [6, 6.07) is 0. The van der Waals surface area contributed by atoms with E-state index in [1.807, 2.05) is 6.92 Å². The van der Waals surface area contributed by atoms with Crippen LogP contribution in [0.3, 0.4) is 0 Å². The smallest absolute Gasteiger partial charge is 0.239 e. The lowest BCUT2D eigenvalue weighted by Gasteiger charge is -2.24. The lowest BCUT2D eigenvalue weighted by atomic mass is 9.98. The summed E-state index contributed by atoms with van der Waals surface area (Å²) in [5.41, 5.74) is 5.07. The van der Waals surface area contributed by atoms with Crippen LogP contribution in [0.1, 0.15) is 52.4 Å². The zero-order chi connectivity index (χ0) is 12.7. The maximum atomic E-state index is 11.7. The van der Waals surface area contributed by atoms with E-state index in [1.54, 1.807) is 6.92 Å². The van der Waals surface area contributed by atoms with E-state index in [0.717, 1.165) is 12.8 Å². The molecule has 0 saturated heterocycles. The van der Waals surface area contributed by atoms with E-state index in [2.05, 4.69) is 5.32 Å². The van der Waals surface area contributed by atoms with Gasteiger partial charge in [0.25, 0.3) is 0 Å². The molecule has 0 aromatic heterocycles. The Labute approximate surface area is 104 Å². The zero-order valence-corrected chi connectivity index (χ0v) is 11.1. The van der Waals surface area contributed by atoms with Gasteiger partial charge in [0.1, 0.15) is 0 Å². The standard InChI is InChI=1S/C13H26N2O2/c1-3-13(2,14)12(16)15-9-10-17-11-7-5-4-6-8-11/h11H,3-10,14H2,1-2H3,(H,15,16). The van der Waals surface area contributed by atoms with Gasteiger partial charge >= 0.3 is 0 Å². The highest BCUT2D eigenvalue weighted by Gasteiger charge is 2.25. The molecular weight excluding hydrogens is 216 g/mol. The van der Waals surface area contributed by atoms with Crippen LogP contribution in [-0.2, 0) is 9.53 Å². The highest BCUT2D eigenvalue weighted by atomic mass is 16.5. The van der Waals surface area contributed by atoms with Crippen LogP contribution in [0.4, 0.5) is 0 Å². The average molecular weight is 242 g/mol. The number of carbonyl (C=O) groups excluding carboxylic acids is 1. The highest BCUT2D eigenvalue weighted by Crippen LogP contribution is 2.19. The van der Waals surface area contributed by atoms with E-state index < -0.39 is 5.54 Å². The van der Waals surface area contributed by atoms with Gasteiger partial charge in [-0.05, 0) is 26.2 Å². The molecule has 4 heteroatoms. The molecule has 100 valence electrons. The van der Waals surface area contributed by atoms with Crippen molar-refractivity contribution in [2.75, 3.05) is 13.2 Å². The molecule has 1 aliphatic rings. The van der Waals surface area contributed by atoms with Gasteiger partial charge in [0.05, 0.1) is 18.2 Å². The Morgan fingerprint density at radius 2 is 2.06 bits per heavy atom. The molecular formula is C13H26N2O2. The predicted octanol–water partition coefficient (Wildman–Crippen LogP) is 1.58. The Bertz CT molecular complexity index is 236. The largest absolute Gasteiger partial charge is 0.376 e. The molecule has 1 fully saturated rings. The molecule has 0 aromatic carbocycles. The molecule has 17 heavy (non-hydrogen) atoms. The summed E-state index contributed by atoms with van der Waals surface area (Å²) >= 11 is 0. The second-order valence-electron chi connectivity index (χ2n) is 5.16. The van der Waals surface area contributed by atoms with Gasteiger partial charge in [0.15, 0.2) is 0 Å². The predicted molar refractivity (Wildman–Crippen MR) is 68.7 cm³/mol. The van der Waals surface area contributed by atoms with Gasteiger partial charge in [0, 0.05) is 6.54 Å². The number of nitrogens with one attached hydrogen (secondary N) is 1. The first-order chi connectivity index (χ1) is 8.06. The van der Waals surface area contributed by atoms with Crippen LogP contribution < -0.4 is 11.1 Å². The fraction of sp³-hybridized carbons (Fsp3) is 0.923. The average Bonchev–Trinajstić information content (AvgIpc) is 2.35. The third-order valence-electron chi connectivity index (χ3n) is 3.55. The second-order valence-corrected chi connectivity index (χ2v) is 5.16. The lowest BCUT2D eigenvalue weighted by molar-refractivity contribution is -0.126. The number of nitrogens with two attached hydrogens (primary N) is 1. The summed E-state index contributed by atoms with van der Waals surface area (Å²) in [7, 11) is 0. The SMILES string of the molecule is CCC(C)(N)C(=O)NCCOC1CCCCC1. The monoisotopic (exact) mass is 242 g/mol. The number of amides is 1. The maximum Gasteiger partial charge on any atom is 0.239 e. The maximum absolute atomic E-state index is 11.7. The number of hydrogen-bond acceptors (Lipinski definition) is 3. The number of hydrogen-bond donors (Lipinski definition) is 2. The first kappa shape index (κ1) is 14.5. The van der Waals surface area contributed by atoms with E-state index in [-0.39, 0.29) is 5.91 Å². The molecule has 0 radical (unpaired) electrons. The summed E-state index contributed by atoms with van der Waals surface area (Å²) in [4.78, 5) is 11.7. The fourth-order valence-corrected chi connectivity index (χ4v) is 1.98. The summed E-state index contributed by atoms with van der Waals surface area (Å²) in [6.07, 6.45) is 7.24. The van der Waals surface area contributed by atoms with Gasteiger partial charge in [-0.15, -0.1) is 0 Å². The first-order valence-electron chi connectivity index (χ1n) is 6.75. The van der Waals surface area contributed by atoms with Gasteiger partial charge in [-0.2, -0.15) is 0 Å². The Morgan fingerprint density at radius 3 is 2.65 bits per heavy atom. The third kappa shape index (κ3) is 5.04. The van der Waals surface area contributed by atoms with Crippen molar-refractivity contribution in [1.29, 1.82) is 0 Å². The van der Waals surface area contributed by atoms with Gasteiger partial charge in [-0.25, -0.2) is 0 Å². The van der Waals surface area contributed by atoms with E-state index in [9.17, 15) is 4.79 Å². The van der Waals surface area contributed by atoms with Crippen LogP contribution in [0.15, 0.2) is 0 Å². The topological polar surface area (TPSA) is 64.4 Å². The van der Waals surface area contributed by atoms with Crippen LogP contribution in [0.25, 0.3) is 0 Å². The molecule has 1 atom stereocenters. The van der Waals surface area contributed by atoms with Crippen LogP contribution in [0.2, 0.25) is 0 Å². The van der Waals surface area contributed by atoms with Gasteiger partial charge in [-0.3, -0.25) is 4.79 Å². The third-order valence-corrected chi connectivity index (χ3v) is 3.55. The molecule has 1 amide bonds. The van der Waals surface area contributed by atoms with E-state index in [1.165, 1.54) is 19.3 Å². The first-order valence-corrected chi connectivity index (χ1v) is 6.75. The Balaban J connectivity index is 2.09. The molecule has 0 aliphatic heterocycles. The van der Waals surface area contributed by atoms with Gasteiger partial charge in [0.2, 0.25) is 5.91 Å². The Kier molecular flexibility index (Phi) is 5.92. The quantitative estimate of drug-likeness (QED) is 0.695. The minimum absolute atomic E-state index is 0.0905. The molecule has 0 spiro atoms. The van der Waals surface area contributed by atoms with Crippen molar-refractivity contribution in [2.45, 2.75) is 64.0 Å². The molecule has 1 unspecified atom stereocenters. The molecule has 3 N–H and O–H groups in total. The Morgan fingerprint density at radius 1 is 1.41 bits per heavy atom. The van der Waals surface area contributed by atoms with E-state index in [4.69, 9.17) is 10.5 Å². The van der Waals surface area contributed by atoms with Crippen LogP contribution in [0, 0.1) is 0 Å². The molecule has 0 heterocycles. The van der Waals surface area contributed by atoms with Gasteiger partial charge in [-0.1, -0.05) is 26.2 Å². The number of ether oxygens (including phenoxy) is 1. The van der Waals surface area contributed by atoms with Crippen molar-refractivity contribution >= 4 is 5.91 Å². The molecule has 1 rings (SSSR count). The molecule has 1 saturated carbocycles. The normalized spacial score (nSPS) is 20.9. The number of rotatable bonds is 6. The van der Waals surface area contributed by atoms with Crippen molar-refractivity contribution in [2.24, 2.45) is 5.73 Å². The fourth-order valence-electron chi connectivity index (χ4n) is 1.98. The van der Waals surface area contributed by atoms with Crippen molar-refractivity contribution in [1.82, 2.24) is 5.32 Å². The summed E-state index contributed by atoms with van der Waals surface area (Å²) < 4.78 is 5.72. The minimum Gasteiger partial charge on any atom is -0.376 e. The zero-order valence-electron chi connectivity index (χ0n) is 11.1. The molecule has 1 aliphatic carbocycles. The lowest BCUT2D eigenvalue weighted by Crippen LogP contribution is -2.51. The van der Waals surface area contributed by atoms with Crippen LogP contribution in [-0.4, -0.2) is 30.7 Å². The van der Waals surface area contributed by atoms with Crippen molar-refractivity contribution in [3.8, 4) is 0 Å².